The van der Waals surface area contributed by atoms with Crippen molar-refractivity contribution in [3.63, 3.8) is 0 Å². The standard InChI is InChI=1S/C22H18N2O3S/c1-2-24(17-10-9-15-6-3-4-7-16(15)14-17)22(26)19-11-12-20(28-19)23-21(25)18-8-5-13-27-18/h3-14H,2H2,1H3,(H,23,25). The van der Waals surface area contributed by atoms with Crippen LogP contribution in [0.3, 0.4) is 0 Å². The predicted octanol–water partition coefficient (Wildman–Crippen LogP) is 5.41. The molecule has 4 rings (SSSR count). The Morgan fingerprint density at radius 2 is 1.82 bits per heavy atom. The van der Waals surface area contributed by atoms with Crippen LogP contribution in [-0.2, 0) is 0 Å². The van der Waals surface area contributed by atoms with Crippen LogP contribution in [0.25, 0.3) is 10.8 Å². The molecular formula is C22H18N2O3S. The van der Waals surface area contributed by atoms with Crippen molar-refractivity contribution >= 4 is 44.6 Å². The van der Waals surface area contributed by atoms with Gasteiger partial charge < -0.3 is 14.6 Å². The summed E-state index contributed by atoms with van der Waals surface area (Å²) in [6.07, 6.45) is 1.45. The van der Waals surface area contributed by atoms with Gasteiger partial charge in [0.25, 0.3) is 11.8 Å². The number of thiophene rings is 1. The molecule has 2 amide bonds. The van der Waals surface area contributed by atoms with Crippen molar-refractivity contribution in [2.45, 2.75) is 6.92 Å². The molecule has 0 fully saturated rings. The number of hydrogen-bond acceptors (Lipinski definition) is 4. The van der Waals surface area contributed by atoms with E-state index in [1.165, 1.54) is 17.6 Å². The summed E-state index contributed by atoms with van der Waals surface area (Å²) in [5.74, 6) is -0.207. The van der Waals surface area contributed by atoms with Crippen LogP contribution >= 0.6 is 11.3 Å². The van der Waals surface area contributed by atoms with E-state index in [4.69, 9.17) is 4.42 Å². The third kappa shape index (κ3) is 3.54. The number of nitrogens with zero attached hydrogens (tertiary/aromatic N) is 1. The molecule has 0 bridgehead atoms. The van der Waals surface area contributed by atoms with E-state index in [0.717, 1.165) is 16.5 Å². The van der Waals surface area contributed by atoms with Crippen LogP contribution < -0.4 is 10.2 Å². The first-order chi connectivity index (χ1) is 13.7. The number of nitrogens with one attached hydrogen (secondary N) is 1. The molecule has 0 saturated heterocycles. The number of furan rings is 1. The molecule has 0 saturated carbocycles. The Morgan fingerprint density at radius 3 is 2.57 bits per heavy atom. The summed E-state index contributed by atoms with van der Waals surface area (Å²) in [5, 5.41) is 5.57. The highest BCUT2D eigenvalue weighted by Crippen LogP contribution is 2.28. The van der Waals surface area contributed by atoms with Gasteiger partial charge in [0.05, 0.1) is 16.1 Å². The van der Waals surface area contributed by atoms with Gasteiger partial charge in [-0.1, -0.05) is 30.3 Å². The lowest BCUT2D eigenvalue weighted by atomic mass is 10.1. The zero-order valence-corrected chi connectivity index (χ0v) is 16.0. The molecule has 0 aliphatic heterocycles. The molecule has 140 valence electrons. The van der Waals surface area contributed by atoms with Gasteiger partial charge in [-0.2, -0.15) is 0 Å². The second-order valence-electron chi connectivity index (χ2n) is 6.18. The zero-order chi connectivity index (χ0) is 19.5. The number of carbonyl (C=O) groups excluding carboxylic acids is 2. The molecule has 2 aromatic carbocycles. The molecule has 4 aromatic rings. The summed E-state index contributed by atoms with van der Waals surface area (Å²) in [6.45, 7) is 2.49. The SMILES string of the molecule is CCN(C(=O)c1ccc(NC(=O)c2ccco2)s1)c1ccc2ccccc2c1. The Kier molecular flexibility index (Phi) is 4.95. The molecule has 0 radical (unpaired) electrons. The van der Waals surface area contributed by atoms with Gasteiger partial charge in [0.15, 0.2) is 5.76 Å². The first-order valence-corrected chi connectivity index (χ1v) is 9.72. The van der Waals surface area contributed by atoms with Crippen molar-refractivity contribution in [1.82, 2.24) is 0 Å². The minimum Gasteiger partial charge on any atom is -0.459 e. The number of fused-ring (bicyclic) bond motifs is 1. The van der Waals surface area contributed by atoms with E-state index in [2.05, 4.69) is 5.32 Å². The summed E-state index contributed by atoms with van der Waals surface area (Å²) >= 11 is 1.24. The van der Waals surface area contributed by atoms with E-state index >= 15 is 0 Å². The third-order valence-corrected chi connectivity index (χ3v) is 5.39. The number of anilines is 2. The van der Waals surface area contributed by atoms with E-state index in [9.17, 15) is 9.59 Å². The van der Waals surface area contributed by atoms with Gasteiger partial charge in [-0.3, -0.25) is 9.59 Å². The maximum Gasteiger partial charge on any atom is 0.291 e. The van der Waals surface area contributed by atoms with Gasteiger partial charge >= 0.3 is 0 Å². The lowest BCUT2D eigenvalue weighted by Gasteiger charge is -2.20. The first-order valence-electron chi connectivity index (χ1n) is 8.91. The Hall–Kier alpha value is -3.38. The number of hydrogen-bond donors (Lipinski definition) is 1. The van der Waals surface area contributed by atoms with Crippen LogP contribution in [0.1, 0.15) is 27.2 Å². The van der Waals surface area contributed by atoms with Crippen molar-refractivity contribution in [2.75, 3.05) is 16.8 Å². The van der Waals surface area contributed by atoms with Crippen LogP contribution in [0.15, 0.2) is 77.4 Å². The minimum absolute atomic E-state index is 0.0960. The number of benzene rings is 2. The molecule has 0 aliphatic carbocycles. The fourth-order valence-electron chi connectivity index (χ4n) is 3.02. The van der Waals surface area contributed by atoms with E-state index in [-0.39, 0.29) is 17.6 Å². The van der Waals surface area contributed by atoms with E-state index in [1.807, 2.05) is 49.4 Å². The second-order valence-corrected chi connectivity index (χ2v) is 7.26. The van der Waals surface area contributed by atoms with Crippen LogP contribution in [0.4, 0.5) is 10.7 Å². The summed E-state index contributed by atoms with van der Waals surface area (Å²) < 4.78 is 5.09. The maximum absolute atomic E-state index is 13.0. The average molecular weight is 390 g/mol. The van der Waals surface area contributed by atoms with Crippen LogP contribution in [0.5, 0.6) is 0 Å². The lowest BCUT2D eigenvalue weighted by Crippen LogP contribution is -2.29. The first kappa shape index (κ1) is 18.0. The molecule has 0 atom stereocenters. The molecule has 0 unspecified atom stereocenters. The smallest absolute Gasteiger partial charge is 0.291 e. The monoisotopic (exact) mass is 390 g/mol. The van der Waals surface area contributed by atoms with E-state index in [0.29, 0.717) is 16.4 Å². The fraction of sp³-hybridized carbons (Fsp3) is 0.0909. The van der Waals surface area contributed by atoms with Crippen molar-refractivity contribution in [1.29, 1.82) is 0 Å². The van der Waals surface area contributed by atoms with Crippen molar-refractivity contribution in [3.8, 4) is 0 Å². The Balaban J connectivity index is 1.55. The molecule has 6 heteroatoms. The fourth-order valence-corrected chi connectivity index (χ4v) is 3.87. The van der Waals surface area contributed by atoms with Gasteiger partial charge in [-0.25, -0.2) is 0 Å². The lowest BCUT2D eigenvalue weighted by molar-refractivity contribution is 0.0986. The van der Waals surface area contributed by atoms with Crippen molar-refractivity contribution in [2.24, 2.45) is 0 Å². The third-order valence-electron chi connectivity index (χ3n) is 4.40. The topological polar surface area (TPSA) is 62.6 Å². The molecule has 2 heterocycles. The Bertz CT molecular complexity index is 1130. The van der Waals surface area contributed by atoms with Crippen LogP contribution in [0.2, 0.25) is 0 Å². The zero-order valence-electron chi connectivity index (χ0n) is 15.2. The molecule has 1 N–H and O–H groups in total. The summed E-state index contributed by atoms with van der Waals surface area (Å²) in [6, 6.07) is 20.8. The van der Waals surface area contributed by atoms with Crippen LogP contribution in [0, 0.1) is 0 Å². The molecular weight excluding hydrogens is 372 g/mol. The second kappa shape index (κ2) is 7.70. The summed E-state index contributed by atoms with van der Waals surface area (Å²) in [7, 11) is 0. The molecule has 0 aliphatic rings. The largest absolute Gasteiger partial charge is 0.459 e. The highest BCUT2D eigenvalue weighted by molar-refractivity contribution is 7.18. The average Bonchev–Trinajstić information content (AvgIpc) is 3.40. The Labute approximate surface area is 166 Å². The Morgan fingerprint density at radius 1 is 1.00 bits per heavy atom. The highest BCUT2D eigenvalue weighted by atomic mass is 32.1. The molecule has 5 nitrogen and oxygen atoms in total. The van der Waals surface area contributed by atoms with Crippen molar-refractivity contribution in [3.05, 3.63) is 83.6 Å². The summed E-state index contributed by atoms with van der Waals surface area (Å²) in [5.41, 5.74) is 0.848. The predicted molar refractivity (Wildman–Crippen MR) is 112 cm³/mol. The van der Waals surface area contributed by atoms with Crippen molar-refractivity contribution < 1.29 is 14.0 Å². The van der Waals surface area contributed by atoms with E-state index in [1.54, 1.807) is 29.2 Å². The van der Waals surface area contributed by atoms with Gasteiger partial charge in [-0.15, -0.1) is 11.3 Å². The van der Waals surface area contributed by atoms with Gasteiger partial charge in [-0.05, 0) is 54.1 Å². The number of rotatable bonds is 5. The van der Waals surface area contributed by atoms with Gasteiger partial charge in [0.1, 0.15) is 0 Å². The molecule has 0 spiro atoms. The highest BCUT2D eigenvalue weighted by Gasteiger charge is 2.19. The molecule has 2 aromatic heterocycles. The number of amides is 2. The van der Waals surface area contributed by atoms with Gasteiger partial charge in [0.2, 0.25) is 0 Å². The molecule has 28 heavy (non-hydrogen) atoms. The van der Waals surface area contributed by atoms with E-state index < -0.39 is 0 Å². The van der Waals surface area contributed by atoms with Crippen LogP contribution in [-0.4, -0.2) is 18.4 Å². The normalized spacial score (nSPS) is 10.8. The summed E-state index contributed by atoms with van der Waals surface area (Å²) in [4.78, 5) is 27.4. The van der Waals surface area contributed by atoms with Gasteiger partial charge in [0, 0.05) is 12.2 Å². The maximum atomic E-state index is 13.0. The quantitative estimate of drug-likeness (QED) is 0.495. The minimum atomic E-state index is -0.340. The number of carbonyl (C=O) groups is 2.